The maximum Gasteiger partial charge on any atom is 0.254 e. The second-order valence-electron chi connectivity index (χ2n) is 9.06. The second kappa shape index (κ2) is 10.0. The molecule has 0 saturated carbocycles. The van der Waals surface area contributed by atoms with Crippen LogP contribution in [0.4, 0.5) is 0 Å². The molecule has 1 N–H and O–H groups in total. The maximum atomic E-state index is 13.1. The van der Waals surface area contributed by atoms with Crippen LogP contribution < -0.4 is 10.1 Å². The molecule has 5 rings (SSSR count). The summed E-state index contributed by atoms with van der Waals surface area (Å²) in [6, 6.07) is 14.8. The Hall–Kier alpha value is -2.41. The Bertz CT molecular complexity index is 916. The van der Waals surface area contributed by atoms with Crippen molar-refractivity contribution in [2.24, 2.45) is 0 Å². The summed E-state index contributed by atoms with van der Waals surface area (Å²) in [4.78, 5) is 17.5. The minimum absolute atomic E-state index is 0.145. The summed E-state index contributed by atoms with van der Waals surface area (Å²) in [5.41, 5.74) is 4.29. The molecule has 2 fully saturated rings. The van der Waals surface area contributed by atoms with Gasteiger partial charge in [0.25, 0.3) is 5.91 Å². The molecule has 6 nitrogen and oxygen atoms in total. The van der Waals surface area contributed by atoms with Crippen molar-refractivity contribution in [3.8, 4) is 5.75 Å². The van der Waals surface area contributed by atoms with Crippen LogP contribution in [0.2, 0.25) is 0 Å². The highest BCUT2D eigenvalue weighted by Crippen LogP contribution is 2.33. The van der Waals surface area contributed by atoms with Gasteiger partial charge in [0.2, 0.25) is 0 Å². The van der Waals surface area contributed by atoms with Gasteiger partial charge in [0.15, 0.2) is 0 Å². The molecule has 1 atom stereocenters. The van der Waals surface area contributed by atoms with Crippen LogP contribution in [-0.2, 0) is 24.4 Å². The molecule has 0 aliphatic carbocycles. The molecule has 3 heterocycles. The lowest BCUT2D eigenvalue weighted by Gasteiger charge is -2.26. The quantitative estimate of drug-likeness (QED) is 0.755. The first-order chi connectivity index (χ1) is 15.8. The average molecular weight is 436 g/mol. The molecular weight excluding hydrogens is 402 g/mol. The van der Waals surface area contributed by atoms with Crippen LogP contribution in [0.3, 0.4) is 0 Å². The number of morpholine rings is 1. The van der Waals surface area contributed by atoms with E-state index < -0.39 is 0 Å². The molecule has 32 heavy (non-hydrogen) atoms. The molecule has 1 amide bonds. The van der Waals surface area contributed by atoms with Crippen LogP contribution in [0.5, 0.6) is 5.75 Å². The Morgan fingerprint density at radius 2 is 1.84 bits per heavy atom. The number of carbonyl (C=O) groups is 1. The highest BCUT2D eigenvalue weighted by molar-refractivity contribution is 5.99. The van der Waals surface area contributed by atoms with E-state index in [1.54, 1.807) is 0 Å². The zero-order valence-electron chi connectivity index (χ0n) is 18.7. The molecule has 2 aromatic carbocycles. The number of carbonyl (C=O) groups excluding carboxylic acids is 1. The van der Waals surface area contributed by atoms with Crippen molar-refractivity contribution in [2.75, 3.05) is 39.4 Å². The van der Waals surface area contributed by atoms with Gasteiger partial charge in [0.1, 0.15) is 12.4 Å². The third kappa shape index (κ3) is 4.82. The van der Waals surface area contributed by atoms with Crippen molar-refractivity contribution in [2.45, 2.75) is 45.0 Å². The van der Waals surface area contributed by atoms with Crippen molar-refractivity contribution in [3.05, 3.63) is 64.7 Å². The highest BCUT2D eigenvalue weighted by atomic mass is 16.5. The van der Waals surface area contributed by atoms with Crippen molar-refractivity contribution >= 4 is 5.91 Å². The fourth-order valence-corrected chi connectivity index (χ4v) is 4.94. The van der Waals surface area contributed by atoms with E-state index in [9.17, 15) is 4.79 Å². The molecule has 3 aliphatic rings. The molecule has 0 bridgehead atoms. The van der Waals surface area contributed by atoms with Gasteiger partial charge >= 0.3 is 0 Å². The van der Waals surface area contributed by atoms with Crippen molar-refractivity contribution in [1.29, 1.82) is 0 Å². The van der Waals surface area contributed by atoms with Gasteiger partial charge in [-0.05, 0) is 42.6 Å². The number of hydrogen-bond donors (Lipinski definition) is 1. The Morgan fingerprint density at radius 3 is 2.69 bits per heavy atom. The third-order valence-corrected chi connectivity index (χ3v) is 6.84. The van der Waals surface area contributed by atoms with Gasteiger partial charge < -0.3 is 19.7 Å². The number of fused-ring (bicyclic) bond motifs is 1. The molecule has 0 unspecified atom stereocenters. The molecule has 0 aromatic heterocycles. The number of nitrogens with zero attached hydrogens (tertiary/aromatic N) is 2. The molecule has 0 radical (unpaired) electrons. The van der Waals surface area contributed by atoms with E-state index in [2.05, 4.69) is 34.5 Å². The number of nitrogens with one attached hydrogen (secondary N) is 1. The van der Waals surface area contributed by atoms with Gasteiger partial charge in [-0.2, -0.15) is 0 Å². The lowest BCUT2D eigenvalue weighted by molar-refractivity contribution is 0.0342. The molecule has 0 spiro atoms. The maximum absolute atomic E-state index is 13.1. The van der Waals surface area contributed by atoms with E-state index in [1.165, 1.54) is 18.4 Å². The number of rotatable bonds is 6. The average Bonchev–Trinajstić information content (AvgIpc) is 3.00. The predicted octanol–water partition coefficient (Wildman–Crippen LogP) is 3.20. The van der Waals surface area contributed by atoms with Gasteiger partial charge in [-0.15, -0.1) is 0 Å². The smallest absolute Gasteiger partial charge is 0.254 e. The van der Waals surface area contributed by atoms with Crippen LogP contribution in [0, 0.1) is 0 Å². The SMILES string of the molecule is O=C1c2cccc(OCc3ccc(CN4CCOCC4)cc3)c2CN1[C@H]1CCCCNC1. The van der Waals surface area contributed by atoms with Crippen LogP contribution >= 0.6 is 0 Å². The summed E-state index contributed by atoms with van der Waals surface area (Å²) >= 11 is 0. The Kier molecular flexibility index (Phi) is 6.72. The molecule has 2 aromatic rings. The van der Waals surface area contributed by atoms with E-state index in [-0.39, 0.29) is 11.9 Å². The first-order valence-corrected chi connectivity index (χ1v) is 11.9. The zero-order chi connectivity index (χ0) is 21.8. The van der Waals surface area contributed by atoms with Gasteiger partial charge in [-0.1, -0.05) is 36.8 Å². The summed E-state index contributed by atoms with van der Waals surface area (Å²) in [6.45, 7) is 7.69. The Labute approximate surface area is 190 Å². The van der Waals surface area contributed by atoms with E-state index in [1.807, 2.05) is 23.1 Å². The monoisotopic (exact) mass is 435 g/mol. The number of amides is 1. The number of hydrogen-bond acceptors (Lipinski definition) is 5. The summed E-state index contributed by atoms with van der Waals surface area (Å²) in [7, 11) is 0. The van der Waals surface area contributed by atoms with Crippen LogP contribution in [0.25, 0.3) is 0 Å². The van der Waals surface area contributed by atoms with Gasteiger partial charge in [0, 0.05) is 43.3 Å². The highest BCUT2D eigenvalue weighted by Gasteiger charge is 2.34. The van der Waals surface area contributed by atoms with E-state index >= 15 is 0 Å². The minimum atomic E-state index is 0.145. The third-order valence-electron chi connectivity index (χ3n) is 6.84. The Morgan fingerprint density at radius 1 is 1.03 bits per heavy atom. The fourth-order valence-electron chi connectivity index (χ4n) is 4.94. The number of benzene rings is 2. The van der Waals surface area contributed by atoms with E-state index in [0.717, 1.165) is 74.8 Å². The standard InChI is InChI=1S/C26H33N3O3/c30-26-23-5-3-6-25(24(23)18-29(26)22-4-1-2-11-27-16-22)32-19-21-9-7-20(8-10-21)17-28-12-14-31-15-13-28/h3,5-10,22,27H,1-2,4,11-19H2/t22-/m0/s1. The van der Waals surface area contributed by atoms with E-state index in [0.29, 0.717) is 13.2 Å². The predicted molar refractivity (Wildman–Crippen MR) is 124 cm³/mol. The van der Waals surface area contributed by atoms with Gasteiger partial charge in [-0.3, -0.25) is 9.69 Å². The largest absolute Gasteiger partial charge is 0.489 e. The van der Waals surface area contributed by atoms with Gasteiger partial charge in [0.05, 0.1) is 19.8 Å². The summed E-state index contributed by atoms with van der Waals surface area (Å²) in [5.74, 6) is 0.976. The topological polar surface area (TPSA) is 54.0 Å². The summed E-state index contributed by atoms with van der Waals surface area (Å²) in [6.07, 6.45) is 3.42. The minimum Gasteiger partial charge on any atom is -0.489 e. The van der Waals surface area contributed by atoms with Crippen LogP contribution in [0.15, 0.2) is 42.5 Å². The summed E-state index contributed by atoms with van der Waals surface area (Å²) < 4.78 is 11.6. The van der Waals surface area contributed by atoms with Crippen molar-refractivity contribution in [1.82, 2.24) is 15.1 Å². The lowest BCUT2D eigenvalue weighted by Crippen LogP contribution is -2.41. The lowest BCUT2D eigenvalue weighted by atomic mass is 10.1. The molecule has 2 saturated heterocycles. The Balaban J connectivity index is 1.21. The first-order valence-electron chi connectivity index (χ1n) is 11.9. The van der Waals surface area contributed by atoms with Crippen molar-refractivity contribution in [3.63, 3.8) is 0 Å². The van der Waals surface area contributed by atoms with Crippen LogP contribution in [0.1, 0.15) is 46.3 Å². The molecular formula is C26H33N3O3. The zero-order valence-corrected chi connectivity index (χ0v) is 18.7. The molecule has 6 heteroatoms. The summed E-state index contributed by atoms with van der Waals surface area (Å²) in [5, 5.41) is 3.48. The normalized spacial score (nSPS) is 21.9. The molecule has 170 valence electrons. The van der Waals surface area contributed by atoms with E-state index in [4.69, 9.17) is 9.47 Å². The van der Waals surface area contributed by atoms with Crippen molar-refractivity contribution < 1.29 is 14.3 Å². The number of ether oxygens (including phenoxy) is 2. The fraction of sp³-hybridized carbons (Fsp3) is 0.500. The van der Waals surface area contributed by atoms with Crippen LogP contribution in [-0.4, -0.2) is 61.1 Å². The first kappa shape index (κ1) is 21.4. The molecule has 3 aliphatic heterocycles. The van der Waals surface area contributed by atoms with Gasteiger partial charge in [-0.25, -0.2) is 0 Å². The second-order valence-corrected chi connectivity index (χ2v) is 9.06.